The Morgan fingerprint density at radius 3 is 2.11 bits per heavy atom. The summed E-state index contributed by atoms with van der Waals surface area (Å²) in [5.74, 6) is 0. The van der Waals surface area contributed by atoms with Crippen LogP contribution < -0.4 is 5.32 Å². The van der Waals surface area contributed by atoms with Gasteiger partial charge in [-0.3, -0.25) is 0 Å². The zero-order valence-corrected chi connectivity index (χ0v) is 13.0. The second-order valence-electron chi connectivity index (χ2n) is 6.69. The Bertz CT molecular complexity index is 523. The summed E-state index contributed by atoms with van der Waals surface area (Å²) in [4.78, 5) is 2.46. The van der Waals surface area contributed by atoms with Crippen molar-refractivity contribution in [1.29, 1.82) is 0 Å². The van der Waals surface area contributed by atoms with E-state index in [2.05, 4.69) is 45.0 Å². The van der Waals surface area contributed by atoms with Crippen molar-refractivity contribution in [2.45, 2.75) is 46.0 Å². The first kappa shape index (κ1) is 13.0. The van der Waals surface area contributed by atoms with Gasteiger partial charge in [0.15, 0.2) is 0 Å². The molecule has 0 radical (unpaired) electrons. The minimum atomic E-state index is 0.398. The van der Waals surface area contributed by atoms with Crippen molar-refractivity contribution in [2.75, 3.05) is 32.0 Å². The Morgan fingerprint density at radius 2 is 1.47 bits per heavy atom. The fourth-order valence-corrected chi connectivity index (χ4v) is 4.02. The molecule has 1 saturated heterocycles. The minimum Gasteiger partial charge on any atom is -0.384 e. The number of rotatable bonds is 0. The third kappa shape index (κ3) is 1.73. The number of anilines is 1. The lowest BCUT2D eigenvalue weighted by molar-refractivity contribution is 0.199. The normalized spacial score (nSPS) is 21.5. The molecule has 0 bridgehead atoms. The quantitative estimate of drug-likeness (QED) is 0.768. The van der Waals surface area contributed by atoms with Gasteiger partial charge in [0.1, 0.15) is 0 Å². The number of hydrogen-bond acceptors (Lipinski definition) is 2. The summed E-state index contributed by atoms with van der Waals surface area (Å²) in [5.41, 5.74) is 9.45. The molecule has 1 aromatic carbocycles. The molecule has 3 rings (SSSR count). The van der Waals surface area contributed by atoms with Gasteiger partial charge in [-0.25, -0.2) is 0 Å². The zero-order valence-electron chi connectivity index (χ0n) is 13.0. The molecule has 0 amide bonds. The monoisotopic (exact) mass is 258 g/mol. The van der Waals surface area contributed by atoms with E-state index in [0.29, 0.717) is 5.41 Å². The highest BCUT2D eigenvalue weighted by Crippen LogP contribution is 2.48. The molecule has 2 aliphatic rings. The van der Waals surface area contributed by atoms with E-state index in [1.807, 2.05) is 0 Å². The van der Waals surface area contributed by atoms with Gasteiger partial charge in [0.05, 0.1) is 0 Å². The van der Waals surface area contributed by atoms with Crippen LogP contribution in [0.5, 0.6) is 0 Å². The molecule has 0 aromatic heterocycles. The summed E-state index contributed by atoms with van der Waals surface area (Å²) in [6.45, 7) is 12.8. The zero-order chi connectivity index (χ0) is 13.8. The Balaban J connectivity index is 2.15. The van der Waals surface area contributed by atoms with Crippen LogP contribution >= 0.6 is 0 Å². The van der Waals surface area contributed by atoms with E-state index < -0.39 is 0 Å². The first-order valence-electron chi connectivity index (χ1n) is 7.49. The van der Waals surface area contributed by atoms with Gasteiger partial charge in [0.2, 0.25) is 0 Å². The lowest BCUT2D eigenvalue weighted by atomic mass is 9.71. The lowest BCUT2D eigenvalue weighted by Crippen LogP contribution is -2.42. The molecule has 2 heterocycles. The molecule has 19 heavy (non-hydrogen) atoms. The Hall–Kier alpha value is -1.02. The number of nitrogens with one attached hydrogen (secondary N) is 1. The summed E-state index contributed by atoms with van der Waals surface area (Å²) < 4.78 is 0. The smallest absolute Gasteiger partial charge is 0.0414 e. The summed E-state index contributed by atoms with van der Waals surface area (Å²) in [6, 6.07) is 0. The number of fused-ring (bicyclic) bond motifs is 2. The van der Waals surface area contributed by atoms with Crippen LogP contribution in [0.15, 0.2) is 0 Å². The van der Waals surface area contributed by atoms with Gasteiger partial charge in [0, 0.05) is 17.6 Å². The highest BCUT2D eigenvalue weighted by molar-refractivity contribution is 5.71. The summed E-state index contributed by atoms with van der Waals surface area (Å²) >= 11 is 0. The molecule has 2 heteroatoms. The van der Waals surface area contributed by atoms with E-state index in [0.717, 1.165) is 6.54 Å². The Kier molecular flexibility index (Phi) is 2.90. The van der Waals surface area contributed by atoms with Crippen LogP contribution in [0, 0.1) is 27.7 Å². The van der Waals surface area contributed by atoms with Gasteiger partial charge >= 0.3 is 0 Å². The van der Waals surface area contributed by atoms with Crippen molar-refractivity contribution >= 4 is 5.69 Å². The maximum atomic E-state index is 3.73. The van der Waals surface area contributed by atoms with Crippen molar-refractivity contribution in [1.82, 2.24) is 4.90 Å². The van der Waals surface area contributed by atoms with Crippen LogP contribution in [-0.4, -0.2) is 31.6 Å². The van der Waals surface area contributed by atoms with Crippen LogP contribution in [0.25, 0.3) is 0 Å². The highest BCUT2D eigenvalue weighted by Gasteiger charge is 2.43. The molecule has 0 atom stereocenters. The van der Waals surface area contributed by atoms with E-state index in [4.69, 9.17) is 0 Å². The van der Waals surface area contributed by atoms with Crippen molar-refractivity contribution in [2.24, 2.45) is 0 Å². The average Bonchev–Trinajstić information content (AvgIpc) is 2.77. The predicted molar refractivity (Wildman–Crippen MR) is 82.3 cm³/mol. The van der Waals surface area contributed by atoms with Crippen LogP contribution in [0.2, 0.25) is 0 Å². The van der Waals surface area contributed by atoms with Gasteiger partial charge in [0.25, 0.3) is 0 Å². The number of piperidine rings is 1. The Morgan fingerprint density at radius 1 is 0.895 bits per heavy atom. The van der Waals surface area contributed by atoms with Gasteiger partial charge in [-0.2, -0.15) is 0 Å². The van der Waals surface area contributed by atoms with E-state index in [1.165, 1.54) is 53.9 Å². The van der Waals surface area contributed by atoms with Gasteiger partial charge in [-0.1, -0.05) is 0 Å². The fraction of sp³-hybridized carbons (Fsp3) is 0.647. The molecule has 1 fully saturated rings. The van der Waals surface area contributed by atoms with Crippen molar-refractivity contribution in [3.63, 3.8) is 0 Å². The first-order valence-corrected chi connectivity index (χ1v) is 7.49. The summed E-state index contributed by atoms with van der Waals surface area (Å²) in [6.07, 6.45) is 2.60. The molecular formula is C17H26N2. The second-order valence-corrected chi connectivity index (χ2v) is 6.69. The van der Waals surface area contributed by atoms with E-state index in [9.17, 15) is 0 Å². The van der Waals surface area contributed by atoms with Crippen LogP contribution in [0.3, 0.4) is 0 Å². The predicted octanol–water partition coefficient (Wildman–Crippen LogP) is 3.31. The lowest BCUT2D eigenvalue weighted by Gasteiger charge is -2.39. The standard InChI is InChI=1S/C17H26N2/c1-11-12(2)14(4)16-15(13(11)3)17(10-18-16)6-8-19(5)9-7-17/h18H,6-10H2,1-5H3. The third-order valence-electron chi connectivity index (χ3n) is 5.77. The van der Waals surface area contributed by atoms with Gasteiger partial charge in [-0.15, -0.1) is 0 Å². The maximum absolute atomic E-state index is 3.73. The minimum absolute atomic E-state index is 0.398. The van der Waals surface area contributed by atoms with Crippen LogP contribution in [0.1, 0.15) is 40.7 Å². The van der Waals surface area contributed by atoms with Crippen LogP contribution in [0.4, 0.5) is 5.69 Å². The molecule has 1 spiro atoms. The number of hydrogen-bond donors (Lipinski definition) is 1. The topological polar surface area (TPSA) is 15.3 Å². The highest BCUT2D eigenvalue weighted by atomic mass is 15.1. The largest absolute Gasteiger partial charge is 0.384 e. The van der Waals surface area contributed by atoms with E-state index >= 15 is 0 Å². The SMILES string of the molecule is Cc1c(C)c(C)c2c(c1C)NCC21CCN(C)CC1. The molecule has 2 nitrogen and oxygen atoms in total. The van der Waals surface area contributed by atoms with Gasteiger partial charge in [-0.05, 0) is 88.5 Å². The fourth-order valence-electron chi connectivity index (χ4n) is 4.02. The van der Waals surface area contributed by atoms with Crippen molar-refractivity contribution < 1.29 is 0 Å². The Labute approximate surface area is 117 Å². The molecule has 0 saturated carbocycles. The van der Waals surface area contributed by atoms with E-state index in [1.54, 1.807) is 5.56 Å². The third-order valence-corrected chi connectivity index (χ3v) is 5.77. The first-order chi connectivity index (χ1) is 8.96. The number of likely N-dealkylation sites (tertiary alicyclic amines) is 1. The van der Waals surface area contributed by atoms with Crippen LogP contribution in [-0.2, 0) is 5.41 Å². The molecule has 1 aromatic rings. The van der Waals surface area contributed by atoms with Crippen molar-refractivity contribution in [3.8, 4) is 0 Å². The summed E-state index contributed by atoms with van der Waals surface area (Å²) in [5, 5.41) is 3.73. The molecule has 104 valence electrons. The van der Waals surface area contributed by atoms with Crippen molar-refractivity contribution in [3.05, 3.63) is 27.8 Å². The second kappa shape index (κ2) is 4.24. The summed E-state index contributed by atoms with van der Waals surface area (Å²) in [7, 11) is 2.24. The molecule has 0 aliphatic carbocycles. The van der Waals surface area contributed by atoms with E-state index in [-0.39, 0.29) is 0 Å². The average molecular weight is 258 g/mol. The molecule has 2 aliphatic heterocycles. The maximum Gasteiger partial charge on any atom is 0.0414 e. The number of nitrogens with zero attached hydrogens (tertiary/aromatic N) is 1. The number of benzene rings is 1. The molecule has 0 unspecified atom stereocenters. The molecule has 1 N–H and O–H groups in total. The van der Waals surface area contributed by atoms with Gasteiger partial charge < -0.3 is 10.2 Å². The molecular weight excluding hydrogens is 232 g/mol.